The lowest BCUT2D eigenvalue weighted by Gasteiger charge is -2.38. The molecule has 1 aliphatic rings. The Morgan fingerprint density at radius 2 is 2.00 bits per heavy atom. The molecule has 5 nitrogen and oxygen atoms in total. The topological polar surface area (TPSA) is 75.8 Å². The highest BCUT2D eigenvalue weighted by atomic mass is 16.7. The third-order valence-corrected chi connectivity index (χ3v) is 3.16. The van der Waals surface area contributed by atoms with Crippen molar-refractivity contribution in [1.82, 2.24) is 0 Å². The minimum Gasteiger partial charge on any atom is -0.433 e. The van der Waals surface area contributed by atoms with Gasteiger partial charge in [0.1, 0.15) is 0 Å². The Balaban J connectivity index is 2.03. The first-order valence-corrected chi connectivity index (χ1v) is 6.02. The van der Waals surface area contributed by atoms with E-state index >= 15 is 0 Å². The fourth-order valence-electron chi connectivity index (χ4n) is 2.24. The third-order valence-electron chi connectivity index (χ3n) is 3.16. The summed E-state index contributed by atoms with van der Waals surface area (Å²) in [4.78, 5) is 13.0. The maximum Gasteiger partial charge on any atom is 0.305 e. The van der Waals surface area contributed by atoms with Crippen molar-refractivity contribution >= 4 is 17.3 Å². The lowest BCUT2D eigenvalue weighted by atomic mass is 10.0. The number of carbonyl (C=O) groups is 1. The Kier molecular flexibility index (Phi) is 3.43. The van der Waals surface area contributed by atoms with Crippen molar-refractivity contribution in [3.63, 3.8) is 0 Å². The summed E-state index contributed by atoms with van der Waals surface area (Å²) in [5.41, 5.74) is 7.59. The van der Waals surface area contributed by atoms with Gasteiger partial charge in [0.05, 0.1) is 11.4 Å². The molecular formula is C13H18N2O3. The van der Waals surface area contributed by atoms with Gasteiger partial charge >= 0.3 is 5.97 Å². The Morgan fingerprint density at radius 1 is 1.39 bits per heavy atom. The van der Waals surface area contributed by atoms with Crippen LogP contribution in [0.15, 0.2) is 24.3 Å². The van der Waals surface area contributed by atoms with Gasteiger partial charge in [0.25, 0.3) is 0 Å². The molecule has 0 aliphatic carbocycles. The van der Waals surface area contributed by atoms with E-state index in [-0.39, 0.29) is 0 Å². The average Bonchev–Trinajstić information content (AvgIpc) is 2.30. The van der Waals surface area contributed by atoms with E-state index < -0.39 is 11.8 Å². The highest BCUT2D eigenvalue weighted by Gasteiger charge is 2.35. The molecule has 98 valence electrons. The second-order valence-corrected chi connectivity index (χ2v) is 4.59. The number of rotatable bonds is 2. The highest BCUT2D eigenvalue weighted by Crippen LogP contribution is 2.30. The summed E-state index contributed by atoms with van der Waals surface area (Å²) >= 11 is 0. The normalized spacial score (nSPS) is 18.4. The number of nitrogens with zero attached hydrogens (tertiary/aromatic N) is 1. The van der Waals surface area contributed by atoms with E-state index in [2.05, 4.69) is 4.90 Å². The maximum absolute atomic E-state index is 10.9. The van der Waals surface area contributed by atoms with Crippen molar-refractivity contribution < 1.29 is 14.6 Å². The number of esters is 1. The van der Waals surface area contributed by atoms with Crippen LogP contribution < -0.4 is 10.6 Å². The molecule has 2 rings (SSSR count). The van der Waals surface area contributed by atoms with Crippen LogP contribution in [0.1, 0.15) is 19.8 Å². The van der Waals surface area contributed by atoms with Gasteiger partial charge in [0, 0.05) is 32.9 Å². The first kappa shape index (κ1) is 12.7. The smallest absolute Gasteiger partial charge is 0.305 e. The van der Waals surface area contributed by atoms with Gasteiger partial charge in [-0.3, -0.25) is 4.79 Å². The molecule has 0 amide bonds. The average molecular weight is 250 g/mol. The second kappa shape index (κ2) is 4.86. The number of aliphatic hydroxyl groups is 1. The van der Waals surface area contributed by atoms with E-state index in [1.54, 1.807) is 0 Å². The van der Waals surface area contributed by atoms with Gasteiger partial charge < -0.3 is 20.5 Å². The molecule has 1 heterocycles. The molecule has 3 N–H and O–H groups in total. The van der Waals surface area contributed by atoms with Crippen LogP contribution in [-0.4, -0.2) is 30.0 Å². The van der Waals surface area contributed by atoms with E-state index in [0.717, 1.165) is 11.4 Å². The molecule has 1 fully saturated rings. The minimum atomic E-state index is -1.33. The van der Waals surface area contributed by atoms with Gasteiger partial charge in [0.2, 0.25) is 5.79 Å². The molecule has 0 bridgehead atoms. The molecule has 1 saturated heterocycles. The molecule has 18 heavy (non-hydrogen) atoms. The largest absolute Gasteiger partial charge is 0.433 e. The zero-order valence-corrected chi connectivity index (χ0v) is 10.4. The van der Waals surface area contributed by atoms with Gasteiger partial charge in [-0.1, -0.05) is 12.1 Å². The number of ether oxygens (including phenoxy) is 1. The molecule has 1 aromatic carbocycles. The summed E-state index contributed by atoms with van der Waals surface area (Å²) in [5.74, 6) is -1.78. The summed E-state index contributed by atoms with van der Waals surface area (Å²) in [7, 11) is 0. The zero-order valence-electron chi connectivity index (χ0n) is 10.4. The SMILES string of the molecule is CC(=O)OC1(O)CCN(c2ccccc2N)CC1. The lowest BCUT2D eigenvalue weighted by Crippen LogP contribution is -2.47. The van der Waals surface area contributed by atoms with Crippen LogP contribution in [-0.2, 0) is 9.53 Å². The number of carbonyl (C=O) groups excluding carboxylic acids is 1. The van der Waals surface area contributed by atoms with Crippen molar-refractivity contribution in [2.75, 3.05) is 23.7 Å². The maximum atomic E-state index is 10.9. The number of nitrogens with two attached hydrogens (primary N) is 1. The number of piperidine rings is 1. The van der Waals surface area contributed by atoms with Crippen LogP contribution in [0, 0.1) is 0 Å². The Morgan fingerprint density at radius 3 is 2.56 bits per heavy atom. The number of hydrogen-bond acceptors (Lipinski definition) is 5. The van der Waals surface area contributed by atoms with Crippen molar-refractivity contribution in [1.29, 1.82) is 0 Å². The summed E-state index contributed by atoms with van der Waals surface area (Å²) in [6.45, 7) is 2.52. The number of benzene rings is 1. The Bertz CT molecular complexity index is 440. The minimum absolute atomic E-state index is 0.390. The van der Waals surface area contributed by atoms with E-state index in [1.807, 2.05) is 24.3 Å². The molecule has 0 aromatic heterocycles. The van der Waals surface area contributed by atoms with Crippen LogP contribution in [0.25, 0.3) is 0 Å². The second-order valence-electron chi connectivity index (χ2n) is 4.59. The predicted octanol–water partition coefficient (Wildman–Crippen LogP) is 1.12. The summed E-state index contributed by atoms with van der Waals surface area (Å²) in [5, 5.41) is 10.1. The zero-order chi connectivity index (χ0) is 13.2. The fraction of sp³-hybridized carbons (Fsp3) is 0.462. The van der Waals surface area contributed by atoms with Crippen molar-refractivity contribution in [2.45, 2.75) is 25.6 Å². The molecule has 0 spiro atoms. The van der Waals surface area contributed by atoms with Gasteiger partial charge in [-0.05, 0) is 12.1 Å². The van der Waals surface area contributed by atoms with Crippen molar-refractivity contribution in [3.8, 4) is 0 Å². The van der Waals surface area contributed by atoms with Crippen molar-refractivity contribution in [2.24, 2.45) is 0 Å². The number of para-hydroxylation sites is 2. The van der Waals surface area contributed by atoms with E-state index in [4.69, 9.17) is 10.5 Å². The van der Waals surface area contributed by atoms with Gasteiger partial charge in [-0.2, -0.15) is 0 Å². The molecular weight excluding hydrogens is 232 g/mol. The quantitative estimate of drug-likeness (QED) is 0.467. The van der Waals surface area contributed by atoms with E-state index in [0.29, 0.717) is 25.9 Å². The van der Waals surface area contributed by atoms with E-state index in [1.165, 1.54) is 6.92 Å². The monoisotopic (exact) mass is 250 g/mol. The number of hydrogen-bond donors (Lipinski definition) is 2. The summed E-state index contributed by atoms with van der Waals surface area (Å²) in [6.07, 6.45) is 0.780. The first-order valence-electron chi connectivity index (χ1n) is 6.02. The van der Waals surface area contributed by atoms with Gasteiger partial charge in [-0.25, -0.2) is 0 Å². The summed E-state index contributed by atoms with van der Waals surface area (Å²) < 4.78 is 4.95. The number of anilines is 2. The molecule has 0 saturated carbocycles. The number of nitrogen functional groups attached to an aromatic ring is 1. The summed E-state index contributed by atoms with van der Waals surface area (Å²) in [6, 6.07) is 7.62. The highest BCUT2D eigenvalue weighted by molar-refractivity contribution is 5.68. The molecule has 0 unspecified atom stereocenters. The molecule has 1 aromatic rings. The lowest BCUT2D eigenvalue weighted by molar-refractivity contribution is -0.214. The van der Waals surface area contributed by atoms with Gasteiger partial charge in [0.15, 0.2) is 0 Å². The Hall–Kier alpha value is -1.75. The Labute approximate surface area is 106 Å². The van der Waals surface area contributed by atoms with Crippen LogP contribution in [0.3, 0.4) is 0 Å². The van der Waals surface area contributed by atoms with Crippen LogP contribution in [0.2, 0.25) is 0 Å². The van der Waals surface area contributed by atoms with Crippen LogP contribution in [0.5, 0.6) is 0 Å². The molecule has 1 aliphatic heterocycles. The first-order chi connectivity index (χ1) is 8.50. The molecule has 0 atom stereocenters. The molecule has 0 radical (unpaired) electrons. The van der Waals surface area contributed by atoms with Crippen LogP contribution >= 0.6 is 0 Å². The van der Waals surface area contributed by atoms with E-state index in [9.17, 15) is 9.90 Å². The third kappa shape index (κ3) is 2.73. The van der Waals surface area contributed by atoms with Gasteiger partial charge in [-0.15, -0.1) is 0 Å². The van der Waals surface area contributed by atoms with Crippen LogP contribution in [0.4, 0.5) is 11.4 Å². The molecule has 5 heteroatoms. The standard InChI is InChI=1S/C13H18N2O3/c1-10(16)18-13(17)6-8-15(9-7-13)12-5-3-2-4-11(12)14/h2-5,17H,6-9,14H2,1H3. The predicted molar refractivity (Wildman–Crippen MR) is 69.0 cm³/mol. The van der Waals surface area contributed by atoms with Crippen molar-refractivity contribution in [3.05, 3.63) is 24.3 Å². The fourth-order valence-corrected chi connectivity index (χ4v) is 2.24.